The van der Waals surface area contributed by atoms with Crippen molar-refractivity contribution in [3.05, 3.63) is 54.6 Å². The maximum Gasteiger partial charge on any atom is 0.296 e. The summed E-state index contributed by atoms with van der Waals surface area (Å²) in [5.74, 6) is 0. The van der Waals surface area contributed by atoms with Crippen LogP contribution in [0, 0.1) is 0 Å². The van der Waals surface area contributed by atoms with Crippen molar-refractivity contribution >= 4 is 21.5 Å². The van der Waals surface area contributed by atoms with Crippen LogP contribution in [0.5, 0.6) is 0 Å². The highest BCUT2D eigenvalue weighted by molar-refractivity contribution is 7.86. The summed E-state index contributed by atoms with van der Waals surface area (Å²) in [6, 6.07) is 15.3. The Hall–Kier alpha value is -1.85. The average molecular weight is 249 g/mol. The molecular weight excluding hydrogens is 238 g/mol. The van der Waals surface area contributed by atoms with E-state index in [1.165, 1.54) is 6.07 Å². The van der Waals surface area contributed by atoms with Crippen LogP contribution in [-0.4, -0.2) is 13.0 Å². The van der Waals surface area contributed by atoms with Crippen LogP contribution in [0.15, 0.2) is 59.5 Å². The molecule has 5 heteroatoms. The first-order valence-corrected chi connectivity index (χ1v) is 6.40. The van der Waals surface area contributed by atoms with Gasteiger partial charge in [-0.15, -0.1) is 0 Å². The van der Waals surface area contributed by atoms with Gasteiger partial charge in [-0.05, 0) is 24.3 Å². The van der Waals surface area contributed by atoms with Gasteiger partial charge < -0.3 is 5.32 Å². The molecule has 2 aromatic rings. The van der Waals surface area contributed by atoms with Crippen molar-refractivity contribution in [3.63, 3.8) is 0 Å². The lowest BCUT2D eigenvalue weighted by atomic mass is 10.3. The van der Waals surface area contributed by atoms with E-state index in [2.05, 4.69) is 5.32 Å². The molecule has 0 aliphatic rings. The maximum absolute atomic E-state index is 11.2. The van der Waals surface area contributed by atoms with Gasteiger partial charge in [0.25, 0.3) is 10.1 Å². The lowest BCUT2D eigenvalue weighted by Crippen LogP contribution is -2.02. The Morgan fingerprint density at radius 3 is 2.12 bits per heavy atom. The van der Waals surface area contributed by atoms with Gasteiger partial charge in [0.15, 0.2) is 0 Å². The molecule has 4 nitrogen and oxygen atoms in total. The fourth-order valence-corrected chi connectivity index (χ4v) is 2.12. The predicted octanol–water partition coefficient (Wildman–Crippen LogP) is 2.68. The van der Waals surface area contributed by atoms with Gasteiger partial charge in [-0.25, -0.2) is 0 Å². The van der Waals surface area contributed by atoms with Crippen molar-refractivity contribution in [1.29, 1.82) is 0 Å². The van der Waals surface area contributed by atoms with Gasteiger partial charge in [0.1, 0.15) is 4.90 Å². The van der Waals surface area contributed by atoms with Crippen molar-refractivity contribution in [3.8, 4) is 0 Å². The van der Waals surface area contributed by atoms with Gasteiger partial charge in [0.05, 0.1) is 5.69 Å². The zero-order chi connectivity index (χ0) is 12.3. The number of rotatable bonds is 3. The third kappa shape index (κ3) is 2.83. The molecule has 0 fully saturated rings. The van der Waals surface area contributed by atoms with Gasteiger partial charge in [-0.2, -0.15) is 8.42 Å². The van der Waals surface area contributed by atoms with Crippen LogP contribution < -0.4 is 5.32 Å². The van der Waals surface area contributed by atoms with Crippen LogP contribution in [0.25, 0.3) is 0 Å². The summed E-state index contributed by atoms with van der Waals surface area (Å²) in [4.78, 5) is -0.135. The minimum absolute atomic E-state index is 0.135. The number of para-hydroxylation sites is 2. The molecule has 0 amide bonds. The van der Waals surface area contributed by atoms with Crippen LogP contribution >= 0.6 is 0 Å². The topological polar surface area (TPSA) is 66.4 Å². The highest BCUT2D eigenvalue weighted by atomic mass is 32.2. The summed E-state index contributed by atoms with van der Waals surface area (Å²) in [5, 5.41) is 2.94. The van der Waals surface area contributed by atoms with E-state index in [0.717, 1.165) is 5.69 Å². The second-order valence-corrected chi connectivity index (χ2v) is 4.85. The van der Waals surface area contributed by atoms with Crippen LogP contribution in [0.2, 0.25) is 0 Å². The molecule has 0 spiro atoms. The minimum Gasteiger partial charge on any atom is -0.354 e. The molecule has 0 aliphatic heterocycles. The number of anilines is 2. The molecule has 17 heavy (non-hydrogen) atoms. The maximum atomic E-state index is 11.2. The van der Waals surface area contributed by atoms with E-state index < -0.39 is 10.1 Å². The lowest BCUT2D eigenvalue weighted by Gasteiger charge is -2.09. The Labute approximate surface area is 99.7 Å². The Balaban J connectivity index is 2.41. The first kappa shape index (κ1) is 11.6. The van der Waals surface area contributed by atoms with E-state index in [4.69, 9.17) is 4.55 Å². The summed E-state index contributed by atoms with van der Waals surface area (Å²) in [6.45, 7) is 0. The monoisotopic (exact) mass is 249 g/mol. The predicted molar refractivity (Wildman–Crippen MR) is 66.0 cm³/mol. The van der Waals surface area contributed by atoms with Crippen molar-refractivity contribution < 1.29 is 13.0 Å². The molecular formula is C12H11NO3S. The Morgan fingerprint density at radius 2 is 1.47 bits per heavy atom. The summed E-state index contributed by atoms with van der Waals surface area (Å²) in [7, 11) is -4.22. The van der Waals surface area contributed by atoms with Gasteiger partial charge in [0, 0.05) is 5.69 Å². The van der Waals surface area contributed by atoms with E-state index >= 15 is 0 Å². The number of nitrogens with one attached hydrogen (secondary N) is 1. The Morgan fingerprint density at radius 1 is 0.882 bits per heavy atom. The number of hydrogen-bond acceptors (Lipinski definition) is 3. The van der Waals surface area contributed by atoms with Crippen LogP contribution in [0.3, 0.4) is 0 Å². The lowest BCUT2D eigenvalue weighted by molar-refractivity contribution is 0.483. The molecule has 0 unspecified atom stereocenters. The molecule has 0 radical (unpaired) electrons. The van der Waals surface area contributed by atoms with Gasteiger partial charge in [0.2, 0.25) is 0 Å². The Bertz CT molecular complexity index is 609. The van der Waals surface area contributed by atoms with Crippen LogP contribution in [-0.2, 0) is 10.1 Å². The second-order valence-electron chi connectivity index (χ2n) is 3.46. The highest BCUT2D eigenvalue weighted by Crippen LogP contribution is 2.24. The fraction of sp³-hybridized carbons (Fsp3) is 0. The van der Waals surface area contributed by atoms with Crippen molar-refractivity contribution in [2.24, 2.45) is 0 Å². The van der Waals surface area contributed by atoms with Gasteiger partial charge >= 0.3 is 0 Å². The fourth-order valence-electron chi connectivity index (χ4n) is 1.47. The summed E-state index contributed by atoms with van der Waals surface area (Å²) < 4.78 is 31.4. The zero-order valence-corrected chi connectivity index (χ0v) is 9.68. The highest BCUT2D eigenvalue weighted by Gasteiger charge is 2.14. The summed E-state index contributed by atoms with van der Waals surface area (Å²) in [5.41, 5.74) is 1.10. The number of benzene rings is 2. The van der Waals surface area contributed by atoms with E-state index in [0.29, 0.717) is 5.69 Å². The molecule has 0 bridgehead atoms. The van der Waals surface area contributed by atoms with Crippen LogP contribution in [0.4, 0.5) is 11.4 Å². The van der Waals surface area contributed by atoms with E-state index in [1.54, 1.807) is 30.3 Å². The first-order chi connectivity index (χ1) is 8.07. The van der Waals surface area contributed by atoms with Crippen molar-refractivity contribution in [1.82, 2.24) is 0 Å². The molecule has 2 rings (SSSR count). The average Bonchev–Trinajstić information content (AvgIpc) is 2.30. The Kier molecular flexibility index (Phi) is 3.12. The van der Waals surface area contributed by atoms with E-state index in [-0.39, 0.29) is 4.90 Å². The minimum atomic E-state index is -4.22. The molecule has 0 atom stereocenters. The van der Waals surface area contributed by atoms with E-state index in [9.17, 15) is 8.42 Å². The SMILES string of the molecule is O=S(=O)(O)c1ccccc1Nc1ccccc1. The second kappa shape index (κ2) is 4.57. The zero-order valence-electron chi connectivity index (χ0n) is 8.87. The largest absolute Gasteiger partial charge is 0.354 e. The van der Waals surface area contributed by atoms with Gasteiger partial charge in [-0.3, -0.25) is 4.55 Å². The molecule has 0 aromatic heterocycles. The molecule has 88 valence electrons. The van der Waals surface area contributed by atoms with Crippen molar-refractivity contribution in [2.75, 3.05) is 5.32 Å². The molecule has 0 saturated heterocycles. The third-order valence-corrected chi connectivity index (χ3v) is 3.13. The third-order valence-electron chi connectivity index (χ3n) is 2.22. The molecule has 0 aliphatic carbocycles. The van der Waals surface area contributed by atoms with Crippen LogP contribution in [0.1, 0.15) is 0 Å². The standard InChI is InChI=1S/C12H11NO3S/c14-17(15,16)12-9-5-4-8-11(12)13-10-6-2-1-3-7-10/h1-9,13H,(H,14,15,16). The summed E-state index contributed by atoms with van der Waals surface area (Å²) in [6.07, 6.45) is 0. The van der Waals surface area contributed by atoms with E-state index in [1.807, 2.05) is 18.2 Å². The first-order valence-electron chi connectivity index (χ1n) is 4.96. The molecule has 0 saturated carbocycles. The molecule has 2 N–H and O–H groups in total. The molecule has 0 heterocycles. The van der Waals surface area contributed by atoms with Crippen molar-refractivity contribution in [2.45, 2.75) is 4.90 Å². The normalized spacial score (nSPS) is 11.1. The quantitative estimate of drug-likeness (QED) is 0.821. The number of hydrogen-bond donors (Lipinski definition) is 2. The smallest absolute Gasteiger partial charge is 0.296 e. The molecule has 2 aromatic carbocycles. The summed E-state index contributed by atoms with van der Waals surface area (Å²) >= 11 is 0. The van der Waals surface area contributed by atoms with Gasteiger partial charge in [-0.1, -0.05) is 30.3 Å².